The first kappa shape index (κ1) is 16.8. The predicted octanol–water partition coefficient (Wildman–Crippen LogP) is 4.93. The lowest BCUT2D eigenvalue weighted by Gasteiger charge is -2.06. The van der Waals surface area contributed by atoms with Crippen molar-refractivity contribution in [2.75, 3.05) is 11.1 Å². The largest absolute Gasteiger partial charge is 0.325 e. The predicted molar refractivity (Wildman–Crippen MR) is 104 cm³/mol. The van der Waals surface area contributed by atoms with Crippen molar-refractivity contribution in [3.8, 4) is 11.3 Å². The van der Waals surface area contributed by atoms with Gasteiger partial charge in [0.1, 0.15) is 5.82 Å². The number of rotatable bonds is 5. The third-order valence-corrected chi connectivity index (χ3v) is 5.57. The summed E-state index contributed by atoms with van der Waals surface area (Å²) < 4.78 is 15.5. The summed E-state index contributed by atoms with van der Waals surface area (Å²) in [5.74, 6) is -0.330. The first-order valence-corrected chi connectivity index (χ1v) is 9.75. The molecular weight excluding hydrogens is 369 g/mol. The van der Waals surface area contributed by atoms with E-state index in [2.05, 4.69) is 10.3 Å². The van der Waals surface area contributed by atoms with E-state index in [0.29, 0.717) is 10.6 Å². The summed E-state index contributed by atoms with van der Waals surface area (Å²) in [4.78, 5) is 18.0. The Morgan fingerprint density at radius 3 is 2.77 bits per heavy atom. The van der Waals surface area contributed by atoms with Gasteiger partial charge in [-0.2, -0.15) is 0 Å². The molecule has 4 rings (SSSR count). The third kappa shape index (κ3) is 3.63. The molecule has 0 spiro atoms. The summed E-state index contributed by atoms with van der Waals surface area (Å²) in [5.41, 5.74) is 2.58. The van der Waals surface area contributed by atoms with Crippen molar-refractivity contribution in [2.45, 2.75) is 4.90 Å². The zero-order valence-corrected chi connectivity index (χ0v) is 15.2. The molecular formula is C19H14FN3OS2. The first-order valence-electron chi connectivity index (χ1n) is 7.89. The van der Waals surface area contributed by atoms with E-state index in [9.17, 15) is 9.18 Å². The second-order valence-corrected chi connectivity index (χ2v) is 7.45. The van der Waals surface area contributed by atoms with Crippen molar-refractivity contribution in [3.05, 3.63) is 72.1 Å². The highest BCUT2D eigenvalue weighted by Gasteiger charge is 2.08. The highest BCUT2D eigenvalue weighted by molar-refractivity contribution is 8.00. The Morgan fingerprint density at radius 2 is 2.00 bits per heavy atom. The lowest BCUT2D eigenvalue weighted by Crippen LogP contribution is -2.14. The van der Waals surface area contributed by atoms with Crippen LogP contribution in [0.3, 0.4) is 0 Å². The van der Waals surface area contributed by atoms with Crippen molar-refractivity contribution in [1.29, 1.82) is 0 Å². The van der Waals surface area contributed by atoms with Gasteiger partial charge in [-0.3, -0.25) is 9.20 Å². The van der Waals surface area contributed by atoms with E-state index < -0.39 is 0 Å². The number of anilines is 1. The number of carbonyl (C=O) groups excluding carboxylic acids is 1. The Balaban J connectivity index is 1.38. The topological polar surface area (TPSA) is 46.4 Å². The van der Waals surface area contributed by atoms with Gasteiger partial charge in [-0.15, -0.1) is 23.1 Å². The van der Waals surface area contributed by atoms with Crippen molar-refractivity contribution in [1.82, 2.24) is 9.38 Å². The average molecular weight is 383 g/mol. The molecule has 0 aliphatic carbocycles. The fourth-order valence-corrected chi connectivity index (χ4v) is 3.93. The van der Waals surface area contributed by atoms with Crippen LogP contribution in [-0.4, -0.2) is 21.0 Å². The van der Waals surface area contributed by atoms with Crippen LogP contribution in [0, 0.1) is 5.82 Å². The van der Waals surface area contributed by atoms with E-state index in [1.165, 1.54) is 17.8 Å². The van der Waals surface area contributed by atoms with E-state index in [1.807, 2.05) is 46.4 Å². The molecule has 1 N–H and O–H groups in total. The van der Waals surface area contributed by atoms with Gasteiger partial charge >= 0.3 is 0 Å². The van der Waals surface area contributed by atoms with Gasteiger partial charge in [-0.1, -0.05) is 24.3 Å². The van der Waals surface area contributed by atoms with Crippen LogP contribution in [0.25, 0.3) is 16.2 Å². The number of amides is 1. The minimum absolute atomic E-state index is 0.153. The Morgan fingerprint density at radius 1 is 1.19 bits per heavy atom. The van der Waals surface area contributed by atoms with Crippen LogP contribution in [0.5, 0.6) is 0 Å². The minimum Gasteiger partial charge on any atom is -0.325 e. The molecule has 0 atom stereocenters. The molecule has 0 radical (unpaired) electrons. The lowest BCUT2D eigenvalue weighted by molar-refractivity contribution is -0.113. The fraction of sp³-hybridized carbons (Fsp3) is 0.0526. The molecule has 0 fully saturated rings. The Kier molecular flexibility index (Phi) is 4.73. The molecule has 26 heavy (non-hydrogen) atoms. The molecule has 130 valence electrons. The van der Waals surface area contributed by atoms with Gasteiger partial charge in [0.2, 0.25) is 5.91 Å². The second kappa shape index (κ2) is 7.31. The molecule has 0 bridgehead atoms. The molecule has 0 unspecified atom stereocenters. The average Bonchev–Trinajstić information content (AvgIpc) is 3.24. The number of nitrogens with zero attached hydrogens (tertiary/aromatic N) is 2. The molecule has 0 saturated heterocycles. The van der Waals surface area contributed by atoms with Gasteiger partial charge in [-0.25, -0.2) is 9.37 Å². The number of hydrogen-bond acceptors (Lipinski definition) is 4. The molecule has 2 heterocycles. The number of carbonyl (C=O) groups is 1. The number of thioether (sulfide) groups is 1. The van der Waals surface area contributed by atoms with Crippen LogP contribution < -0.4 is 5.32 Å². The summed E-state index contributed by atoms with van der Waals surface area (Å²) in [6.45, 7) is 0. The highest BCUT2D eigenvalue weighted by Crippen LogP contribution is 2.24. The molecule has 1 amide bonds. The van der Waals surface area contributed by atoms with Crippen molar-refractivity contribution < 1.29 is 9.18 Å². The molecule has 4 aromatic rings. The smallest absolute Gasteiger partial charge is 0.234 e. The molecule has 0 aliphatic heterocycles. The number of benzene rings is 2. The zero-order valence-electron chi connectivity index (χ0n) is 13.6. The van der Waals surface area contributed by atoms with Crippen molar-refractivity contribution in [3.63, 3.8) is 0 Å². The van der Waals surface area contributed by atoms with E-state index in [-0.39, 0.29) is 17.5 Å². The van der Waals surface area contributed by atoms with E-state index >= 15 is 0 Å². The maximum absolute atomic E-state index is 13.6. The quantitative estimate of drug-likeness (QED) is 0.497. The normalized spacial score (nSPS) is 11.0. The third-order valence-electron chi connectivity index (χ3n) is 3.75. The summed E-state index contributed by atoms with van der Waals surface area (Å²) in [7, 11) is 0. The lowest BCUT2D eigenvalue weighted by atomic mass is 10.1. The van der Waals surface area contributed by atoms with Gasteiger partial charge in [0.15, 0.2) is 4.96 Å². The molecule has 4 nitrogen and oxygen atoms in total. The Bertz CT molecular complexity index is 1030. The van der Waals surface area contributed by atoms with Crippen molar-refractivity contribution in [2.24, 2.45) is 0 Å². The van der Waals surface area contributed by atoms with Crippen LogP contribution in [-0.2, 0) is 4.79 Å². The zero-order chi connectivity index (χ0) is 17.9. The van der Waals surface area contributed by atoms with E-state index in [0.717, 1.165) is 16.2 Å². The number of imidazole rings is 1. The fourth-order valence-electron chi connectivity index (χ4n) is 2.49. The summed E-state index contributed by atoms with van der Waals surface area (Å²) >= 11 is 2.76. The van der Waals surface area contributed by atoms with Crippen molar-refractivity contribution >= 4 is 39.7 Å². The monoisotopic (exact) mass is 383 g/mol. The number of hydrogen-bond donors (Lipinski definition) is 1. The number of thiazole rings is 1. The van der Waals surface area contributed by atoms with E-state index in [4.69, 9.17) is 0 Å². The minimum atomic E-state index is -0.311. The van der Waals surface area contributed by atoms with Gasteiger partial charge in [0, 0.05) is 33.9 Å². The summed E-state index contributed by atoms with van der Waals surface area (Å²) in [6, 6.07) is 14.0. The Hall–Kier alpha value is -2.64. The molecule has 2 aromatic heterocycles. The maximum atomic E-state index is 13.6. The Labute approximate surface area is 157 Å². The van der Waals surface area contributed by atoms with Gasteiger partial charge in [0.25, 0.3) is 0 Å². The molecule has 0 saturated carbocycles. The number of fused-ring (bicyclic) bond motifs is 1. The van der Waals surface area contributed by atoms with Crippen LogP contribution in [0.2, 0.25) is 0 Å². The standard InChI is InChI=1S/C19H14FN3OS2/c20-15-3-1-2-4-17(15)26-12-18(24)21-14-7-5-13(6-8-14)16-11-23-9-10-25-19(23)22-16/h1-11H,12H2,(H,21,24). The summed E-state index contributed by atoms with van der Waals surface area (Å²) in [6.07, 6.45) is 3.95. The molecule has 7 heteroatoms. The van der Waals surface area contributed by atoms with E-state index in [1.54, 1.807) is 29.5 Å². The van der Waals surface area contributed by atoms with Crippen LogP contribution >= 0.6 is 23.1 Å². The highest BCUT2D eigenvalue weighted by atomic mass is 32.2. The van der Waals surface area contributed by atoms with Crippen LogP contribution in [0.1, 0.15) is 0 Å². The van der Waals surface area contributed by atoms with Gasteiger partial charge in [0.05, 0.1) is 11.4 Å². The van der Waals surface area contributed by atoms with Crippen LogP contribution in [0.15, 0.2) is 71.2 Å². The number of halogens is 1. The molecule has 0 aliphatic rings. The summed E-state index contributed by atoms with van der Waals surface area (Å²) in [5, 5.41) is 4.82. The maximum Gasteiger partial charge on any atom is 0.234 e. The first-order chi connectivity index (χ1) is 12.7. The van der Waals surface area contributed by atoms with Crippen LogP contribution in [0.4, 0.5) is 10.1 Å². The van der Waals surface area contributed by atoms with Gasteiger partial charge in [-0.05, 0) is 24.3 Å². The second-order valence-electron chi connectivity index (χ2n) is 5.56. The molecule has 2 aromatic carbocycles. The number of nitrogens with one attached hydrogen (secondary N) is 1. The number of aromatic nitrogens is 2. The SMILES string of the molecule is O=C(CSc1ccccc1F)Nc1ccc(-c2cn3ccsc3n2)cc1. The van der Waals surface area contributed by atoms with Gasteiger partial charge < -0.3 is 5.32 Å².